The molecule has 2 aromatic rings. The second-order valence-electron chi connectivity index (χ2n) is 5.96. The highest BCUT2D eigenvalue weighted by Crippen LogP contribution is 2.33. The number of allylic oxidation sites excluding steroid dienone is 2. The highest BCUT2D eigenvalue weighted by molar-refractivity contribution is 6.00. The van der Waals surface area contributed by atoms with Gasteiger partial charge in [0, 0.05) is 17.5 Å². The molecule has 6 nitrogen and oxygen atoms in total. The fourth-order valence-corrected chi connectivity index (χ4v) is 3.04. The maximum Gasteiger partial charge on any atom is 0.260 e. The Kier molecular flexibility index (Phi) is 4.75. The van der Waals surface area contributed by atoms with Crippen LogP contribution >= 0.6 is 0 Å². The quantitative estimate of drug-likeness (QED) is 0.771. The van der Waals surface area contributed by atoms with Crippen molar-refractivity contribution in [2.45, 2.75) is 20.4 Å². The molecule has 0 fully saturated rings. The number of amides is 1. The van der Waals surface area contributed by atoms with Crippen LogP contribution < -0.4 is 9.47 Å². The lowest BCUT2D eigenvalue weighted by Gasteiger charge is -2.14. The minimum absolute atomic E-state index is 0.0647. The number of aryl methyl sites for hydroxylation is 1. The molecule has 0 radical (unpaired) electrons. The zero-order valence-corrected chi connectivity index (χ0v) is 15.4. The van der Waals surface area contributed by atoms with E-state index in [1.165, 1.54) is 0 Å². The smallest absolute Gasteiger partial charge is 0.260 e. The minimum atomic E-state index is -0.0647. The number of ether oxygens (including phenoxy) is 2. The van der Waals surface area contributed by atoms with Gasteiger partial charge in [0.1, 0.15) is 0 Å². The Hall–Kier alpha value is -3.15. The average molecular weight is 351 g/mol. The molecular weight excluding hydrogens is 330 g/mol. The van der Waals surface area contributed by atoms with Gasteiger partial charge in [-0.3, -0.25) is 9.78 Å². The topological polar surface area (TPSA) is 64.6 Å². The number of nitrogens with zero attached hydrogens (tertiary/aromatic N) is 3. The van der Waals surface area contributed by atoms with Crippen LogP contribution in [0.3, 0.4) is 0 Å². The molecule has 0 atom stereocenters. The first-order chi connectivity index (χ1) is 12.5. The van der Waals surface area contributed by atoms with E-state index < -0.39 is 0 Å². The molecule has 6 heteroatoms. The van der Waals surface area contributed by atoms with Crippen molar-refractivity contribution in [1.29, 1.82) is 0 Å². The SMILES string of the molecule is C=C(/C=C\C)N1Cc2nc(-c3cnc(OC)c(OC)c3)cc(C)c2C1=O. The molecule has 0 aliphatic carbocycles. The average Bonchev–Trinajstić information content (AvgIpc) is 2.98. The zero-order chi connectivity index (χ0) is 18.8. The molecule has 3 heterocycles. The zero-order valence-electron chi connectivity index (χ0n) is 15.4. The molecule has 134 valence electrons. The van der Waals surface area contributed by atoms with E-state index in [0.29, 0.717) is 29.4 Å². The van der Waals surface area contributed by atoms with Crippen LogP contribution in [0.2, 0.25) is 0 Å². The second kappa shape index (κ2) is 7.00. The Morgan fingerprint density at radius 1 is 1.31 bits per heavy atom. The normalized spacial score (nSPS) is 13.2. The van der Waals surface area contributed by atoms with Crippen molar-refractivity contribution < 1.29 is 14.3 Å². The summed E-state index contributed by atoms with van der Waals surface area (Å²) in [5.74, 6) is 0.882. The number of pyridine rings is 2. The van der Waals surface area contributed by atoms with Crippen LogP contribution in [0.15, 0.2) is 42.8 Å². The number of aromatic nitrogens is 2. The van der Waals surface area contributed by atoms with E-state index in [-0.39, 0.29) is 5.91 Å². The highest BCUT2D eigenvalue weighted by atomic mass is 16.5. The second-order valence-corrected chi connectivity index (χ2v) is 5.96. The molecule has 0 saturated heterocycles. The summed E-state index contributed by atoms with van der Waals surface area (Å²) in [6.07, 6.45) is 5.36. The molecule has 0 N–H and O–H groups in total. The number of rotatable bonds is 5. The summed E-state index contributed by atoms with van der Waals surface area (Å²) in [5, 5.41) is 0. The van der Waals surface area contributed by atoms with Crippen LogP contribution in [0.1, 0.15) is 28.5 Å². The number of carbonyl (C=O) groups is 1. The molecular formula is C20H21N3O3. The van der Waals surface area contributed by atoms with Crippen molar-refractivity contribution in [3.63, 3.8) is 0 Å². The van der Waals surface area contributed by atoms with Gasteiger partial charge < -0.3 is 14.4 Å². The molecule has 1 aliphatic rings. The van der Waals surface area contributed by atoms with Gasteiger partial charge in [0.2, 0.25) is 0 Å². The molecule has 26 heavy (non-hydrogen) atoms. The van der Waals surface area contributed by atoms with Crippen LogP contribution in [-0.4, -0.2) is 35.0 Å². The lowest BCUT2D eigenvalue weighted by atomic mass is 10.0. The summed E-state index contributed by atoms with van der Waals surface area (Å²) in [5.41, 5.74) is 4.45. The van der Waals surface area contributed by atoms with Crippen LogP contribution in [0, 0.1) is 6.92 Å². The maximum atomic E-state index is 12.7. The molecule has 0 bridgehead atoms. The van der Waals surface area contributed by atoms with Crippen LogP contribution in [0.25, 0.3) is 11.3 Å². The van der Waals surface area contributed by atoms with E-state index in [1.807, 2.05) is 38.1 Å². The number of hydrogen-bond acceptors (Lipinski definition) is 5. The first-order valence-corrected chi connectivity index (χ1v) is 8.22. The maximum absolute atomic E-state index is 12.7. The third-order valence-electron chi connectivity index (χ3n) is 4.29. The van der Waals surface area contributed by atoms with Gasteiger partial charge in [-0.1, -0.05) is 12.7 Å². The van der Waals surface area contributed by atoms with Gasteiger partial charge in [0.15, 0.2) is 5.75 Å². The Labute approximate surface area is 152 Å². The molecule has 2 aromatic heterocycles. The summed E-state index contributed by atoms with van der Waals surface area (Å²) >= 11 is 0. The lowest BCUT2D eigenvalue weighted by Crippen LogP contribution is -2.21. The Bertz CT molecular complexity index is 919. The van der Waals surface area contributed by atoms with Gasteiger partial charge in [-0.25, -0.2) is 4.98 Å². The molecule has 0 saturated carbocycles. The van der Waals surface area contributed by atoms with E-state index in [9.17, 15) is 4.79 Å². The Morgan fingerprint density at radius 2 is 2.08 bits per heavy atom. The Morgan fingerprint density at radius 3 is 2.73 bits per heavy atom. The number of hydrogen-bond donors (Lipinski definition) is 0. The predicted molar refractivity (Wildman–Crippen MR) is 99.1 cm³/mol. The van der Waals surface area contributed by atoms with Crippen molar-refractivity contribution >= 4 is 5.91 Å². The van der Waals surface area contributed by atoms with Gasteiger partial charge in [0.05, 0.1) is 37.7 Å². The van der Waals surface area contributed by atoms with Gasteiger partial charge in [0.25, 0.3) is 11.8 Å². The van der Waals surface area contributed by atoms with Gasteiger partial charge in [-0.2, -0.15) is 0 Å². The van der Waals surface area contributed by atoms with E-state index in [4.69, 9.17) is 14.5 Å². The summed E-state index contributed by atoms with van der Waals surface area (Å²) in [7, 11) is 3.11. The lowest BCUT2D eigenvalue weighted by molar-refractivity contribution is 0.0831. The molecule has 3 rings (SSSR count). The van der Waals surface area contributed by atoms with Gasteiger partial charge in [-0.05, 0) is 37.6 Å². The summed E-state index contributed by atoms with van der Waals surface area (Å²) in [4.78, 5) is 23.3. The minimum Gasteiger partial charge on any atom is -0.491 e. The number of methoxy groups -OCH3 is 2. The van der Waals surface area contributed by atoms with Crippen molar-refractivity contribution in [2.75, 3.05) is 14.2 Å². The van der Waals surface area contributed by atoms with Gasteiger partial charge in [-0.15, -0.1) is 0 Å². The molecule has 0 spiro atoms. The van der Waals surface area contributed by atoms with Crippen molar-refractivity contribution in [1.82, 2.24) is 14.9 Å². The fourth-order valence-electron chi connectivity index (χ4n) is 3.04. The summed E-state index contributed by atoms with van der Waals surface area (Å²) in [6.45, 7) is 8.18. The molecule has 1 aliphatic heterocycles. The van der Waals surface area contributed by atoms with Crippen LogP contribution in [0.5, 0.6) is 11.6 Å². The standard InChI is InChI=1S/C20H21N3O3/c1-6-7-13(3)23-11-16-18(20(23)24)12(2)8-15(22-16)14-9-17(25-4)19(26-5)21-10-14/h6-10H,3,11H2,1-2,4-5H3/b7-6-. The van der Waals surface area contributed by atoms with E-state index >= 15 is 0 Å². The predicted octanol–water partition coefficient (Wildman–Crippen LogP) is 3.51. The molecule has 1 amide bonds. The Balaban J connectivity index is 2.03. The summed E-state index contributed by atoms with van der Waals surface area (Å²) < 4.78 is 10.5. The van der Waals surface area contributed by atoms with E-state index in [2.05, 4.69) is 11.6 Å². The highest BCUT2D eigenvalue weighted by Gasteiger charge is 2.31. The number of carbonyl (C=O) groups excluding carboxylic acids is 1. The summed E-state index contributed by atoms with van der Waals surface area (Å²) in [6, 6.07) is 3.72. The van der Waals surface area contributed by atoms with Crippen LogP contribution in [-0.2, 0) is 6.54 Å². The number of fused-ring (bicyclic) bond motifs is 1. The monoisotopic (exact) mass is 351 g/mol. The van der Waals surface area contributed by atoms with E-state index in [1.54, 1.807) is 25.3 Å². The van der Waals surface area contributed by atoms with Crippen molar-refractivity contribution in [3.05, 3.63) is 59.6 Å². The first-order valence-electron chi connectivity index (χ1n) is 8.22. The molecule has 0 unspecified atom stereocenters. The fraction of sp³-hybridized carbons (Fsp3) is 0.250. The van der Waals surface area contributed by atoms with Crippen LogP contribution in [0.4, 0.5) is 0 Å². The largest absolute Gasteiger partial charge is 0.491 e. The van der Waals surface area contributed by atoms with Gasteiger partial charge >= 0.3 is 0 Å². The first kappa shape index (κ1) is 17.7. The molecule has 0 aromatic carbocycles. The van der Waals surface area contributed by atoms with Crippen molar-refractivity contribution in [2.24, 2.45) is 0 Å². The third-order valence-corrected chi connectivity index (χ3v) is 4.29. The van der Waals surface area contributed by atoms with E-state index in [0.717, 1.165) is 22.5 Å². The third kappa shape index (κ3) is 2.94. The van der Waals surface area contributed by atoms with Crippen molar-refractivity contribution in [3.8, 4) is 22.9 Å².